The largest absolute Gasteiger partial charge is 0.508 e. The van der Waals surface area contributed by atoms with Gasteiger partial charge in [-0.05, 0) is 55.7 Å². The van der Waals surface area contributed by atoms with Gasteiger partial charge in [0.25, 0.3) is 0 Å². The van der Waals surface area contributed by atoms with E-state index in [0.717, 1.165) is 28.4 Å². The summed E-state index contributed by atoms with van der Waals surface area (Å²) < 4.78 is 0. The minimum absolute atomic E-state index is 0.0184. The smallest absolute Gasteiger partial charge is 0.243 e. The van der Waals surface area contributed by atoms with Crippen molar-refractivity contribution in [3.05, 3.63) is 71.8 Å². The highest BCUT2D eigenvalue weighted by Gasteiger charge is 2.57. The maximum atomic E-state index is 13.8. The number of amides is 1. The first kappa shape index (κ1) is 20.9. The lowest BCUT2D eigenvalue weighted by molar-refractivity contribution is -0.123. The quantitative estimate of drug-likeness (QED) is 0.568. The SMILES string of the molecule is CC(C)(C)NC(=O)[C@H]1[C@H](c2c(O)ccc3ccccc23)C[C@H]2N1c1ccccc1C2(C)C. The molecular formula is C28H32N2O2. The number of carbonyl (C=O) groups is 1. The van der Waals surface area contributed by atoms with Crippen LogP contribution in [0.25, 0.3) is 10.8 Å². The van der Waals surface area contributed by atoms with Crippen LogP contribution in [0.5, 0.6) is 5.75 Å². The Labute approximate surface area is 190 Å². The van der Waals surface area contributed by atoms with Gasteiger partial charge in [0, 0.05) is 34.2 Å². The monoisotopic (exact) mass is 428 g/mol. The standard InChI is InChI=1S/C28H32N2O2/c1-27(2,3)29-26(32)25-19(24-18-11-7-6-10-17(18)14-15-22(24)31)16-23-28(4,5)20-12-8-9-13-21(20)30(23)25/h6-15,19,23,25,31H,16H2,1-5H3,(H,29,32)/t19-,23+,25+/m0/s1. The zero-order valence-corrected chi connectivity index (χ0v) is 19.5. The average molecular weight is 429 g/mol. The van der Waals surface area contributed by atoms with Gasteiger partial charge in [-0.15, -0.1) is 0 Å². The number of hydrogen-bond acceptors (Lipinski definition) is 3. The van der Waals surface area contributed by atoms with Crippen LogP contribution < -0.4 is 10.2 Å². The predicted octanol–water partition coefficient (Wildman–Crippen LogP) is 5.48. The fourth-order valence-electron chi connectivity index (χ4n) is 5.96. The van der Waals surface area contributed by atoms with E-state index in [2.05, 4.69) is 60.5 Å². The summed E-state index contributed by atoms with van der Waals surface area (Å²) in [5.41, 5.74) is 2.89. The molecule has 0 spiro atoms. The Morgan fingerprint density at radius 3 is 2.47 bits per heavy atom. The normalized spacial score (nSPS) is 23.8. The number of anilines is 1. The topological polar surface area (TPSA) is 52.6 Å². The van der Waals surface area contributed by atoms with Crippen molar-refractivity contribution >= 4 is 22.4 Å². The zero-order chi connectivity index (χ0) is 22.8. The van der Waals surface area contributed by atoms with E-state index < -0.39 is 0 Å². The second-order valence-corrected chi connectivity index (χ2v) is 10.9. The molecule has 0 aromatic heterocycles. The summed E-state index contributed by atoms with van der Waals surface area (Å²) in [5, 5.41) is 16.4. The summed E-state index contributed by atoms with van der Waals surface area (Å²) >= 11 is 0. The fraction of sp³-hybridized carbons (Fsp3) is 0.393. The van der Waals surface area contributed by atoms with Crippen molar-refractivity contribution in [2.75, 3.05) is 4.90 Å². The van der Waals surface area contributed by atoms with E-state index in [1.54, 1.807) is 6.07 Å². The molecule has 0 radical (unpaired) electrons. The third kappa shape index (κ3) is 3.08. The molecule has 1 saturated heterocycles. The molecular weight excluding hydrogens is 396 g/mol. The Balaban J connectivity index is 1.71. The zero-order valence-electron chi connectivity index (χ0n) is 19.5. The van der Waals surface area contributed by atoms with Gasteiger partial charge in [-0.1, -0.05) is 62.4 Å². The van der Waals surface area contributed by atoms with Gasteiger partial charge in [0.05, 0.1) is 0 Å². The molecule has 0 bridgehead atoms. The fourth-order valence-corrected chi connectivity index (χ4v) is 5.96. The second-order valence-electron chi connectivity index (χ2n) is 10.9. The van der Waals surface area contributed by atoms with E-state index in [1.165, 1.54) is 5.56 Å². The molecule has 1 fully saturated rings. The summed E-state index contributed by atoms with van der Waals surface area (Å²) in [5.74, 6) is 0.181. The number of rotatable bonds is 2. The lowest BCUT2D eigenvalue weighted by Crippen LogP contribution is -2.53. The minimum atomic E-state index is -0.390. The van der Waals surface area contributed by atoms with E-state index >= 15 is 0 Å². The van der Waals surface area contributed by atoms with Gasteiger partial charge in [-0.25, -0.2) is 0 Å². The number of fused-ring (bicyclic) bond motifs is 4. The summed E-state index contributed by atoms with van der Waals surface area (Å²) in [4.78, 5) is 16.2. The number of phenolic OH excluding ortho intramolecular Hbond substituents is 1. The molecule has 166 valence electrons. The van der Waals surface area contributed by atoms with Crippen molar-refractivity contribution in [2.24, 2.45) is 0 Å². The molecule has 2 aliphatic heterocycles. The molecule has 0 aliphatic carbocycles. The van der Waals surface area contributed by atoms with Crippen LogP contribution in [0, 0.1) is 0 Å². The van der Waals surface area contributed by atoms with Crippen LogP contribution in [0.4, 0.5) is 5.69 Å². The number of para-hydroxylation sites is 1. The molecule has 3 aromatic rings. The molecule has 1 amide bonds. The molecule has 4 nitrogen and oxygen atoms in total. The third-order valence-electron chi connectivity index (χ3n) is 7.29. The summed E-state index contributed by atoms with van der Waals surface area (Å²) in [6.07, 6.45) is 0.811. The molecule has 3 atom stereocenters. The van der Waals surface area contributed by atoms with Gasteiger partial charge < -0.3 is 15.3 Å². The predicted molar refractivity (Wildman–Crippen MR) is 130 cm³/mol. The molecule has 2 heterocycles. The number of aromatic hydroxyl groups is 1. The Bertz CT molecular complexity index is 1210. The molecule has 0 unspecified atom stereocenters. The van der Waals surface area contributed by atoms with Crippen LogP contribution in [0.1, 0.15) is 58.1 Å². The molecule has 32 heavy (non-hydrogen) atoms. The van der Waals surface area contributed by atoms with Crippen molar-refractivity contribution in [2.45, 2.75) is 70.0 Å². The van der Waals surface area contributed by atoms with Crippen molar-refractivity contribution in [3.8, 4) is 5.75 Å². The number of nitrogens with one attached hydrogen (secondary N) is 1. The minimum Gasteiger partial charge on any atom is -0.508 e. The van der Waals surface area contributed by atoms with E-state index in [9.17, 15) is 9.90 Å². The average Bonchev–Trinajstić information content (AvgIpc) is 3.22. The molecule has 5 rings (SSSR count). The Kier molecular flexibility index (Phi) is 4.56. The maximum absolute atomic E-state index is 13.8. The number of carbonyl (C=O) groups excluding carboxylic acids is 1. The van der Waals surface area contributed by atoms with Crippen molar-refractivity contribution < 1.29 is 9.90 Å². The first-order valence-corrected chi connectivity index (χ1v) is 11.5. The van der Waals surface area contributed by atoms with Crippen LogP contribution >= 0.6 is 0 Å². The van der Waals surface area contributed by atoms with Crippen molar-refractivity contribution in [1.29, 1.82) is 0 Å². The van der Waals surface area contributed by atoms with Gasteiger partial charge in [-0.2, -0.15) is 0 Å². The molecule has 2 aliphatic rings. The number of nitrogens with zero attached hydrogens (tertiary/aromatic N) is 1. The Hall–Kier alpha value is -3.01. The van der Waals surface area contributed by atoms with Gasteiger partial charge >= 0.3 is 0 Å². The van der Waals surface area contributed by atoms with Crippen LogP contribution in [0.15, 0.2) is 60.7 Å². The number of benzene rings is 3. The van der Waals surface area contributed by atoms with Crippen LogP contribution in [0.2, 0.25) is 0 Å². The Morgan fingerprint density at radius 2 is 1.72 bits per heavy atom. The second kappa shape index (κ2) is 6.99. The summed E-state index contributed by atoms with van der Waals surface area (Å²) in [6, 6.07) is 20.1. The molecule has 4 heteroatoms. The molecule has 2 N–H and O–H groups in total. The summed E-state index contributed by atoms with van der Waals surface area (Å²) in [7, 11) is 0. The van der Waals surface area contributed by atoms with E-state index in [0.29, 0.717) is 0 Å². The van der Waals surface area contributed by atoms with Gasteiger partial charge in [0.2, 0.25) is 5.91 Å². The van der Waals surface area contributed by atoms with Gasteiger partial charge in [0.1, 0.15) is 11.8 Å². The Morgan fingerprint density at radius 1 is 1.03 bits per heavy atom. The van der Waals surface area contributed by atoms with E-state index in [-0.39, 0.29) is 40.6 Å². The lowest BCUT2D eigenvalue weighted by Gasteiger charge is -2.33. The first-order chi connectivity index (χ1) is 15.1. The highest BCUT2D eigenvalue weighted by molar-refractivity contribution is 5.93. The van der Waals surface area contributed by atoms with E-state index in [4.69, 9.17) is 0 Å². The van der Waals surface area contributed by atoms with Crippen LogP contribution in [-0.4, -0.2) is 28.6 Å². The van der Waals surface area contributed by atoms with Crippen LogP contribution in [0.3, 0.4) is 0 Å². The first-order valence-electron chi connectivity index (χ1n) is 11.5. The summed E-state index contributed by atoms with van der Waals surface area (Å²) in [6.45, 7) is 10.6. The third-order valence-corrected chi connectivity index (χ3v) is 7.29. The highest BCUT2D eigenvalue weighted by atomic mass is 16.3. The maximum Gasteiger partial charge on any atom is 0.243 e. The number of phenols is 1. The lowest BCUT2D eigenvalue weighted by atomic mass is 9.76. The van der Waals surface area contributed by atoms with Crippen LogP contribution in [-0.2, 0) is 10.2 Å². The van der Waals surface area contributed by atoms with E-state index in [1.807, 2.05) is 39.0 Å². The molecule has 0 saturated carbocycles. The molecule has 3 aromatic carbocycles. The highest BCUT2D eigenvalue weighted by Crippen LogP contribution is 2.56. The number of hydrogen-bond donors (Lipinski definition) is 2. The van der Waals surface area contributed by atoms with Gasteiger partial charge in [0.15, 0.2) is 0 Å². The van der Waals surface area contributed by atoms with Crippen molar-refractivity contribution in [3.63, 3.8) is 0 Å². The van der Waals surface area contributed by atoms with Gasteiger partial charge in [-0.3, -0.25) is 4.79 Å². The van der Waals surface area contributed by atoms with Crippen molar-refractivity contribution in [1.82, 2.24) is 5.32 Å².